The zero-order valence-electron chi connectivity index (χ0n) is 14.1. The Morgan fingerprint density at radius 1 is 1.04 bits per heavy atom. The van der Waals surface area contributed by atoms with E-state index in [9.17, 15) is 4.79 Å². The van der Waals surface area contributed by atoms with Crippen molar-refractivity contribution in [2.75, 3.05) is 6.54 Å². The number of nitrogens with zero attached hydrogens (tertiary/aromatic N) is 1. The van der Waals surface area contributed by atoms with Gasteiger partial charge in [-0.1, -0.05) is 30.3 Å². The lowest BCUT2D eigenvalue weighted by Crippen LogP contribution is -2.25. The highest BCUT2D eigenvalue weighted by Crippen LogP contribution is 2.19. The van der Waals surface area contributed by atoms with E-state index >= 15 is 0 Å². The topological polar surface area (TPSA) is 68.3 Å². The number of oxazole rings is 1. The van der Waals surface area contributed by atoms with Crippen molar-refractivity contribution in [1.82, 2.24) is 10.3 Å². The number of benzene rings is 2. The van der Waals surface area contributed by atoms with E-state index in [1.807, 2.05) is 48.5 Å². The quantitative estimate of drug-likeness (QED) is 0.573. The van der Waals surface area contributed by atoms with E-state index in [1.165, 1.54) is 0 Å². The largest absolute Gasteiger partial charge is 0.469 e. The summed E-state index contributed by atoms with van der Waals surface area (Å²) in [5.74, 6) is 1.35. The van der Waals surface area contributed by atoms with Gasteiger partial charge in [0.1, 0.15) is 11.3 Å². The maximum Gasteiger partial charge on any atom is 0.251 e. The van der Waals surface area contributed by atoms with Crippen molar-refractivity contribution in [2.24, 2.45) is 0 Å². The van der Waals surface area contributed by atoms with Gasteiger partial charge >= 0.3 is 0 Å². The zero-order valence-corrected chi connectivity index (χ0v) is 14.1. The van der Waals surface area contributed by atoms with E-state index in [0.717, 1.165) is 16.8 Å². The Morgan fingerprint density at radius 2 is 1.92 bits per heavy atom. The number of fused-ring (bicyclic) bond motifs is 1. The smallest absolute Gasteiger partial charge is 0.251 e. The Hall–Kier alpha value is -3.34. The van der Waals surface area contributed by atoms with Gasteiger partial charge < -0.3 is 14.2 Å². The molecule has 0 aliphatic rings. The monoisotopic (exact) mass is 346 g/mol. The van der Waals surface area contributed by atoms with E-state index in [4.69, 9.17) is 8.83 Å². The zero-order chi connectivity index (χ0) is 17.8. The molecule has 0 aliphatic heterocycles. The minimum atomic E-state index is -0.139. The lowest BCUT2D eigenvalue weighted by atomic mass is 10.1. The van der Waals surface area contributed by atoms with Crippen LogP contribution in [0.15, 0.2) is 75.8 Å². The molecule has 4 rings (SSSR count). The molecular weight excluding hydrogens is 328 g/mol. The van der Waals surface area contributed by atoms with Crippen molar-refractivity contribution in [3.05, 3.63) is 89.7 Å². The molecule has 26 heavy (non-hydrogen) atoms. The number of nitrogens with one attached hydrogen (secondary N) is 1. The highest BCUT2D eigenvalue weighted by atomic mass is 16.3. The SMILES string of the molecule is O=C(NCCc1ccco1)c1ccc2nc(Cc3ccccc3)oc2c1. The van der Waals surface area contributed by atoms with Gasteiger partial charge in [-0.05, 0) is 35.9 Å². The van der Waals surface area contributed by atoms with Gasteiger partial charge in [0.05, 0.1) is 6.26 Å². The summed E-state index contributed by atoms with van der Waals surface area (Å²) in [7, 11) is 0. The highest BCUT2D eigenvalue weighted by Gasteiger charge is 2.11. The Morgan fingerprint density at radius 3 is 2.73 bits per heavy atom. The molecule has 0 spiro atoms. The Balaban J connectivity index is 1.44. The molecule has 0 fully saturated rings. The van der Waals surface area contributed by atoms with Gasteiger partial charge in [-0.2, -0.15) is 0 Å². The van der Waals surface area contributed by atoms with Gasteiger partial charge in [-0.15, -0.1) is 0 Å². The second kappa shape index (κ2) is 7.27. The summed E-state index contributed by atoms with van der Waals surface area (Å²) < 4.78 is 11.1. The molecule has 1 N–H and O–H groups in total. The van der Waals surface area contributed by atoms with Crippen LogP contribution in [0.2, 0.25) is 0 Å². The molecule has 2 aromatic heterocycles. The average molecular weight is 346 g/mol. The highest BCUT2D eigenvalue weighted by molar-refractivity contribution is 5.97. The molecule has 1 amide bonds. The molecule has 2 aromatic carbocycles. The molecule has 5 heteroatoms. The molecule has 0 aliphatic carbocycles. The van der Waals surface area contributed by atoms with Crippen LogP contribution in [0, 0.1) is 0 Å². The fourth-order valence-electron chi connectivity index (χ4n) is 2.82. The number of carbonyl (C=O) groups excluding carboxylic acids is 1. The number of furan rings is 1. The predicted molar refractivity (Wildman–Crippen MR) is 98.0 cm³/mol. The maximum atomic E-state index is 12.3. The molecule has 0 bridgehead atoms. The van der Waals surface area contributed by atoms with Crippen LogP contribution >= 0.6 is 0 Å². The summed E-state index contributed by atoms with van der Waals surface area (Å²) in [5, 5.41) is 2.89. The molecular formula is C21H18N2O3. The van der Waals surface area contributed by atoms with E-state index in [1.54, 1.807) is 18.4 Å². The van der Waals surface area contributed by atoms with E-state index in [2.05, 4.69) is 10.3 Å². The average Bonchev–Trinajstić information content (AvgIpc) is 3.31. The molecule has 130 valence electrons. The number of hydrogen-bond acceptors (Lipinski definition) is 4. The molecule has 0 unspecified atom stereocenters. The summed E-state index contributed by atoms with van der Waals surface area (Å²) >= 11 is 0. The van der Waals surface area contributed by atoms with Crippen LogP contribution in [-0.2, 0) is 12.8 Å². The van der Waals surface area contributed by atoms with Crippen molar-refractivity contribution in [1.29, 1.82) is 0 Å². The minimum absolute atomic E-state index is 0.139. The Kier molecular flexibility index (Phi) is 4.51. The van der Waals surface area contributed by atoms with E-state index in [0.29, 0.717) is 36.4 Å². The molecule has 0 atom stereocenters. The number of aromatic nitrogens is 1. The third-order valence-corrected chi connectivity index (χ3v) is 4.13. The van der Waals surface area contributed by atoms with Crippen LogP contribution in [0.1, 0.15) is 27.6 Å². The van der Waals surface area contributed by atoms with Gasteiger partial charge in [0, 0.05) is 24.9 Å². The lowest BCUT2D eigenvalue weighted by molar-refractivity contribution is 0.0953. The third-order valence-electron chi connectivity index (χ3n) is 4.13. The molecule has 0 saturated heterocycles. The van der Waals surface area contributed by atoms with Crippen LogP contribution in [0.25, 0.3) is 11.1 Å². The van der Waals surface area contributed by atoms with Crippen molar-refractivity contribution in [3.63, 3.8) is 0 Å². The van der Waals surface area contributed by atoms with Gasteiger partial charge in [0.15, 0.2) is 11.5 Å². The molecule has 4 aromatic rings. The molecule has 5 nitrogen and oxygen atoms in total. The van der Waals surface area contributed by atoms with Crippen molar-refractivity contribution in [2.45, 2.75) is 12.8 Å². The van der Waals surface area contributed by atoms with Gasteiger partial charge in [-0.25, -0.2) is 4.98 Å². The predicted octanol–water partition coefficient (Wildman–Crippen LogP) is 3.98. The van der Waals surface area contributed by atoms with Crippen molar-refractivity contribution >= 4 is 17.0 Å². The van der Waals surface area contributed by atoms with E-state index < -0.39 is 0 Å². The first-order valence-corrected chi connectivity index (χ1v) is 8.52. The maximum absolute atomic E-state index is 12.3. The lowest BCUT2D eigenvalue weighted by Gasteiger charge is -2.03. The van der Waals surface area contributed by atoms with Crippen molar-refractivity contribution in [3.8, 4) is 0 Å². The number of carbonyl (C=O) groups is 1. The van der Waals surface area contributed by atoms with Crippen LogP contribution in [-0.4, -0.2) is 17.4 Å². The molecule has 0 radical (unpaired) electrons. The standard InChI is InChI=1S/C21H18N2O3/c24-21(22-11-10-17-7-4-12-25-17)16-8-9-18-19(14-16)26-20(23-18)13-15-5-2-1-3-6-15/h1-9,12,14H,10-11,13H2,(H,22,24). The Bertz CT molecular complexity index is 1000. The summed E-state index contributed by atoms with van der Waals surface area (Å²) in [6.45, 7) is 0.514. The third kappa shape index (κ3) is 3.67. The Labute approximate surface area is 150 Å². The second-order valence-electron chi connectivity index (χ2n) is 6.04. The second-order valence-corrected chi connectivity index (χ2v) is 6.04. The van der Waals surface area contributed by atoms with Crippen molar-refractivity contribution < 1.29 is 13.6 Å². The summed E-state index contributed by atoms with van der Waals surface area (Å²) in [6.07, 6.45) is 2.91. The normalized spacial score (nSPS) is 10.9. The summed E-state index contributed by atoms with van der Waals surface area (Å²) in [4.78, 5) is 16.8. The molecule has 2 heterocycles. The van der Waals surface area contributed by atoms with Crippen LogP contribution in [0.4, 0.5) is 0 Å². The van der Waals surface area contributed by atoms with Gasteiger partial charge in [0.2, 0.25) is 0 Å². The number of hydrogen-bond donors (Lipinski definition) is 1. The van der Waals surface area contributed by atoms with Crippen LogP contribution in [0.5, 0.6) is 0 Å². The molecule has 0 saturated carbocycles. The number of rotatable bonds is 6. The first kappa shape index (κ1) is 16.1. The van der Waals surface area contributed by atoms with Crippen LogP contribution in [0.3, 0.4) is 0 Å². The first-order chi connectivity index (χ1) is 12.8. The van der Waals surface area contributed by atoms with Gasteiger partial charge in [-0.3, -0.25) is 4.79 Å². The fourth-order valence-corrected chi connectivity index (χ4v) is 2.82. The fraction of sp³-hybridized carbons (Fsp3) is 0.143. The van der Waals surface area contributed by atoms with Crippen LogP contribution < -0.4 is 5.32 Å². The minimum Gasteiger partial charge on any atom is -0.469 e. The van der Waals surface area contributed by atoms with Gasteiger partial charge in [0.25, 0.3) is 5.91 Å². The van der Waals surface area contributed by atoms with E-state index in [-0.39, 0.29) is 5.91 Å². The summed E-state index contributed by atoms with van der Waals surface area (Å²) in [5.41, 5.74) is 3.06. The first-order valence-electron chi connectivity index (χ1n) is 8.52. The summed E-state index contributed by atoms with van der Waals surface area (Å²) in [6, 6.07) is 19.1. The number of amides is 1.